The number of nitrogens with one attached hydrogen (secondary N) is 2. The Bertz CT molecular complexity index is 1600. The van der Waals surface area contributed by atoms with Gasteiger partial charge in [0.15, 0.2) is 0 Å². The summed E-state index contributed by atoms with van der Waals surface area (Å²) in [6.07, 6.45) is 7.87. The summed E-state index contributed by atoms with van der Waals surface area (Å²) >= 11 is 6.63. The summed E-state index contributed by atoms with van der Waals surface area (Å²) in [6, 6.07) is 25.6. The van der Waals surface area contributed by atoms with Gasteiger partial charge in [0.2, 0.25) is 0 Å². The Kier molecular flexibility index (Phi) is 8.44. The van der Waals surface area contributed by atoms with E-state index in [1.165, 1.54) is 6.07 Å². The van der Waals surface area contributed by atoms with Gasteiger partial charge in [-0.3, -0.25) is 0 Å². The Hall–Kier alpha value is -3.94. The number of benzene rings is 3. The fourth-order valence-electron chi connectivity index (χ4n) is 5.52. The van der Waals surface area contributed by atoms with E-state index in [1.807, 2.05) is 59.2 Å². The number of para-hydroxylation sites is 1. The first-order valence-corrected chi connectivity index (χ1v) is 14.5. The molecule has 2 N–H and O–H groups in total. The van der Waals surface area contributed by atoms with E-state index in [0.717, 1.165) is 71.5 Å². The van der Waals surface area contributed by atoms with Crippen LogP contribution in [0.3, 0.4) is 0 Å². The molecule has 8 heteroatoms. The van der Waals surface area contributed by atoms with E-state index in [1.54, 1.807) is 24.7 Å². The SMILES string of the molecule is Fc1cccc(Cn2cnc3ccc(-c4cc(N[C@H]5CC[C@H](NCCOc6ccccc6)CC5)ncc4Cl)cc32)c1. The number of fused-ring (bicyclic) bond motifs is 1. The second-order valence-electron chi connectivity index (χ2n) is 10.6. The lowest BCUT2D eigenvalue weighted by atomic mass is 9.91. The summed E-state index contributed by atoms with van der Waals surface area (Å²) in [5.74, 6) is 1.49. The van der Waals surface area contributed by atoms with Gasteiger partial charge in [0.05, 0.1) is 22.4 Å². The van der Waals surface area contributed by atoms with Crippen LogP contribution >= 0.6 is 11.6 Å². The number of pyridine rings is 1. The number of ether oxygens (including phenoxy) is 1. The van der Waals surface area contributed by atoms with Crippen LogP contribution in [0.25, 0.3) is 22.2 Å². The van der Waals surface area contributed by atoms with Crippen molar-refractivity contribution in [1.29, 1.82) is 0 Å². The first kappa shape index (κ1) is 27.2. The van der Waals surface area contributed by atoms with Crippen LogP contribution in [-0.4, -0.2) is 39.8 Å². The third-order valence-corrected chi connectivity index (χ3v) is 7.96. The Morgan fingerprint density at radius 2 is 1.73 bits per heavy atom. The molecule has 0 bridgehead atoms. The van der Waals surface area contributed by atoms with Gasteiger partial charge < -0.3 is 19.9 Å². The molecule has 5 aromatic rings. The molecule has 0 spiro atoms. The lowest BCUT2D eigenvalue weighted by Gasteiger charge is -2.30. The number of aromatic nitrogens is 3. The lowest BCUT2D eigenvalue weighted by molar-refractivity contribution is 0.285. The van der Waals surface area contributed by atoms with Crippen LogP contribution in [0.4, 0.5) is 10.2 Å². The van der Waals surface area contributed by atoms with Crippen molar-refractivity contribution in [3.8, 4) is 16.9 Å². The molecule has 3 aromatic carbocycles. The normalized spacial score (nSPS) is 17.0. The Balaban J connectivity index is 1.07. The standard InChI is InChI=1S/C33H33ClFN5O/c34-30-20-37-33(39-27-12-10-26(11-13-27)36-15-16-41-28-7-2-1-3-8-28)19-29(30)24-9-14-31-32(18-24)40(22-38-31)21-23-5-4-6-25(35)17-23/h1-9,14,17-20,22,26-27,36H,10-13,15-16,21H2,(H,37,39)/t26-,27-. The Morgan fingerprint density at radius 1 is 0.902 bits per heavy atom. The molecule has 2 aromatic heterocycles. The molecule has 0 unspecified atom stereocenters. The summed E-state index contributed by atoms with van der Waals surface area (Å²) in [6.45, 7) is 2.04. The summed E-state index contributed by atoms with van der Waals surface area (Å²) in [7, 11) is 0. The monoisotopic (exact) mass is 569 g/mol. The van der Waals surface area contributed by atoms with Crippen LogP contribution in [0.15, 0.2) is 91.4 Å². The zero-order valence-electron chi connectivity index (χ0n) is 22.8. The number of anilines is 1. The maximum Gasteiger partial charge on any atom is 0.126 e. The van der Waals surface area contributed by atoms with E-state index in [9.17, 15) is 4.39 Å². The molecule has 6 nitrogen and oxygen atoms in total. The minimum atomic E-state index is -0.241. The number of hydrogen-bond acceptors (Lipinski definition) is 5. The molecule has 0 saturated heterocycles. The van der Waals surface area contributed by atoms with Crippen molar-refractivity contribution in [2.24, 2.45) is 0 Å². The first-order valence-electron chi connectivity index (χ1n) is 14.1. The van der Waals surface area contributed by atoms with E-state index in [-0.39, 0.29) is 5.82 Å². The summed E-state index contributed by atoms with van der Waals surface area (Å²) in [5.41, 5.74) is 4.63. The van der Waals surface area contributed by atoms with Crippen LogP contribution in [0.1, 0.15) is 31.2 Å². The molecular formula is C33H33ClFN5O. The molecule has 0 radical (unpaired) electrons. The van der Waals surface area contributed by atoms with Gasteiger partial charge in [0.25, 0.3) is 0 Å². The van der Waals surface area contributed by atoms with Crippen molar-refractivity contribution >= 4 is 28.5 Å². The van der Waals surface area contributed by atoms with Crippen molar-refractivity contribution in [3.05, 3.63) is 108 Å². The zero-order chi connectivity index (χ0) is 28.0. The van der Waals surface area contributed by atoms with Gasteiger partial charge in [0.1, 0.15) is 24.0 Å². The molecule has 0 atom stereocenters. The van der Waals surface area contributed by atoms with Crippen LogP contribution in [-0.2, 0) is 6.54 Å². The molecule has 1 saturated carbocycles. The number of imidazole rings is 1. The summed E-state index contributed by atoms with van der Waals surface area (Å²) in [4.78, 5) is 9.10. The molecule has 2 heterocycles. The molecule has 41 heavy (non-hydrogen) atoms. The average molecular weight is 570 g/mol. The molecule has 6 rings (SSSR count). The van der Waals surface area contributed by atoms with Gasteiger partial charge in [-0.1, -0.05) is 48.0 Å². The predicted octanol–water partition coefficient (Wildman–Crippen LogP) is 7.33. The average Bonchev–Trinajstić information content (AvgIpc) is 3.39. The van der Waals surface area contributed by atoms with Gasteiger partial charge >= 0.3 is 0 Å². The van der Waals surface area contributed by atoms with Crippen LogP contribution in [0.2, 0.25) is 5.02 Å². The largest absolute Gasteiger partial charge is 0.492 e. The van der Waals surface area contributed by atoms with E-state index in [4.69, 9.17) is 16.3 Å². The molecular weight excluding hydrogens is 537 g/mol. The van der Waals surface area contributed by atoms with Crippen LogP contribution < -0.4 is 15.4 Å². The molecule has 0 amide bonds. The topological polar surface area (TPSA) is 64.0 Å². The quantitative estimate of drug-likeness (QED) is 0.172. The molecule has 0 aliphatic heterocycles. The van der Waals surface area contributed by atoms with E-state index >= 15 is 0 Å². The molecule has 210 valence electrons. The molecule has 1 aliphatic carbocycles. The number of hydrogen-bond donors (Lipinski definition) is 2. The highest BCUT2D eigenvalue weighted by Gasteiger charge is 2.21. The minimum Gasteiger partial charge on any atom is -0.492 e. The zero-order valence-corrected chi connectivity index (χ0v) is 23.5. The fraction of sp³-hybridized carbons (Fsp3) is 0.273. The van der Waals surface area contributed by atoms with E-state index in [0.29, 0.717) is 30.3 Å². The van der Waals surface area contributed by atoms with Crippen molar-refractivity contribution in [1.82, 2.24) is 19.9 Å². The highest BCUT2D eigenvalue weighted by atomic mass is 35.5. The summed E-state index contributed by atoms with van der Waals surface area (Å²) < 4.78 is 21.6. The smallest absolute Gasteiger partial charge is 0.126 e. The van der Waals surface area contributed by atoms with Gasteiger partial charge in [0, 0.05) is 36.9 Å². The van der Waals surface area contributed by atoms with Crippen molar-refractivity contribution < 1.29 is 9.13 Å². The van der Waals surface area contributed by atoms with Gasteiger partial charge in [-0.05, 0) is 79.3 Å². The summed E-state index contributed by atoms with van der Waals surface area (Å²) in [5, 5.41) is 7.87. The van der Waals surface area contributed by atoms with E-state index in [2.05, 4.69) is 26.7 Å². The van der Waals surface area contributed by atoms with Crippen molar-refractivity contribution in [3.63, 3.8) is 0 Å². The Labute approximate surface area is 244 Å². The minimum absolute atomic E-state index is 0.241. The first-order chi connectivity index (χ1) is 20.1. The van der Waals surface area contributed by atoms with E-state index < -0.39 is 0 Å². The Morgan fingerprint density at radius 3 is 2.56 bits per heavy atom. The van der Waals surface area contributed by atoms with Crippen LogP contribution in [0, 0.1) is 5.82 Å². The van der Waals surface area contributed by atoms with Crippen LogP contribution in [0.5, 0.6) is 5.75 Å². The highest BCUT2D eigenvalue weighted by molar-refractivity contribution is 6.33. The maximum atomic E-state index is 13.7. The van der Waals surface area contributed by atoms with Crippen molar-refractivity contribution in [2.45, 2.75) is 44.3 Å². The lowest BCUT2D eigenvalue weighted by Crippen LogP contribution is -2.38. The third-order valence-electron chi connectivity index (χ3n) is 7.66. The van der Waals surface area contributed by atoms with Crippen molar-refractivity contribution in [2.75, 3.05) is 18.5 Å². The second kappa shape index (κ2) is 12.7. The molecule has 1 fully saturated rings. The fourth-order valence-corrected chi connectivity index (χ4v) is 5.73. The predicted molar refractivity (Wildman–Crippen MR) is 163 cm³/mol. The number of rotatable bonds is 10. The third kappa shape index (κ3) is 6.87. The number of nitrogens with zero attached hydrogens (tertiary/aromatic N) is 3. The molecule has 1 aliphatic rings. The van der Waals surface area contributed by atoms with Gasteiger partial charge in [-0.15, -0.1) is 0 Å². The maximum absolute atomic E-state index is 13.7. The van der Waals surface area contributed by atoms with Gasteiger partial charge in [-0.25, -0.2) is 14.4 Å². The van der Waals surface area contributed by atoms with Gasteiger partial charge in [-0.2, -0.15) is 0 Å². The number of halogens is 2. The second-order valence-corrected chi connectivity index (χ2v) is 11.0. The highest BCUT2D eigenvalue weighted by Crippen LogP contribution is 2.32.